The molecule has 2 amide bonds. The van der Waals surface area contributed by atoms with E-state index in [0.29, 0.717) is 24.0 Å². The highest BCUT2D eigenvalue weighted by atomic mass is 19.1. The van der Waals surface area contributed by atoms with E-state index in [2.05, 4.69) is 5.32 Å². The normalized spacial score (nSPS) is 15.5. The number of carbonyl (C=O) groups is 2. The van der Waals surface area contributed by atoms with Gasteiger partial charge in [-0.3, -0.25) is 9.59 Å². The van der Waals surface area contributed by atoms with E-state index < -0.39 is 5.82 Å². The quantitative estimate of drug-likeness (QED) is 0.857. The summed E-state index contributed by atoms with van der Waals surface area (Å²) in [6, 6.07) is 4.56. The molecule has 0 bridgehead atoms. The number of amides is 2. The zero-order valence-corrected chi connectivity index (χ0v) is 10.9. The molecule has 1 aliphatic heterocycles. The molecule has 2 aromatic rings. The topological polar surface area (TPSA) is 62.6 Å². The van der Waals surface area contributed by atoms with Gasteiger partial charge in [0, 0.05) is 24.0 Å². The molecule has 3 rings (SSSR count). The molecule has 0 atom stereocenters. The van der Waals surface area contributed by atoms with Crippen LogP contribution in [-0.4, -0.2) is 36.3 Å². The SMILES string of the molecule is Cc1c(C(=O)N2CCNC(=O)C2)oc2c(F)cccc12. The molecule has 20 heavy (non-hydrogen) atoms. The van der Waals surface area contributed by atoms with Crippen LogP contribution in [0.15, 0.2) is 22.6 Å². The Morgan fingerprint density at radius 2 is 2.25 bits per heavy atom. The lowest BCUT2D eigenvalue weighted by Crippen LogP contribution is -2.50. The summed E-state index contributed by atoms with van der Waals surface area (Å²) in [4.78, 5) is 25.1. The van der Waals surface area contributed by atoms with E-state index in [1.165, 1.54) is 11.0 Å². The Morgan fingerprint density at radius 1 is 1.45 bits per heavy atom. The van der Waals surface area contributed by atoms with Crippen LogP contribution in [0.25, 0.3) is 11.0 Å². The van der Waals surface area contributed by atoms with Gasteiger partial charge in [0.25, 0.3) is 5.91 Å². The van der Waals surface area contributed by atoms with Gasteiger partial charge in [-0.2, -0.15) is 0 Å². The maximum Gasteiger partial charge on any atom is 0.290 e. The number of nitrogens with zero attached hydrogens (tertiary/aromatic N) is 1. The van der Waals surface area contributed by atoms with Crippen molar-refractivity contribution in [1.29, 1.82) is 0 Å². The highest BCUT2D eigenvalue weighted by Gasteiger charge is 2.27. The first-order valence-electron chi connectivity index (χ1n) is 6.31. The van der Waals surface area contributed by atoms with E-state index in [4.69, 9.17) is 4.42 Å². The van der Waals surface area contributed by atoms with E-state index in [9.17, 15) is 14.0 Å². The lowest BCUT2D eigenvalue weighted by Gasteiger charge is -2.25. The molecule has 104 valence electrons. The van der Waals surface area contributed by atoms with Gasteiger partial charge in [0.15, 0.2) is 17.2 Å². The number of para-hydroxylation sites is 1. The van der Waals surface area contributed by atoms with Crippen LogP contribution in [0.1, 0.15) is 16.1 Å². The molecule has 0 aliphatic carbocycles. The van der Waals surface area contributed by atoms with Gasteiger partial charge in [0.05, 0.1) is 0 Å². The Balaban J connectivity index is 2.01. The maximum atomic E-state index is 13.7. The van der Waals surface area contributed by atoms with Crippen molar-refractivity contribution in [2.75, 3.05) is 19.6 Å². The molecule has 2 heterocycles. The summed E-state index contributed by atoms with van der Waals surface area (Å²) in [7, 11) is 0. The van der Waals surface area contributed by atoms with Crippen molar-refractivity contribution in [2.24, 2.45) is 0 Å². The Labute approximate surface area is 114 Å². The molecule has 1 N–H and O–H groups in total. The highest BCUT2D eigenvalue weighted by molar-refractivity contribution is 6.00. The summed E-state index contributed by atoms with van der Waals surface area (Å²) in [5.41, 5.74) is 0.672. The molecule has 5 nitrogen and oxygen atoms in total. The number of fused-ring (bicyclic) bond motifs is 1. The molecule has 6 heteroatoms. The molecule has 0 spiro atoms. The molecule has 1 aromatic heterocycles. The Kier molecular flexibility index (Phi) is 2.93. The number of benzene rings is 1. The number of furan rings is 1. The zero-order valence-electron chi connectivity index (χ0n) is 10.9. The summed E-state index contributed by atoms with van der Waals surface area (Å²) in [5.74, 6) is -0.988. The Hall–Kier alpha value is -2.37. The monoisotopic (exact) mass is 276 g/mol. The van der Waals surface area contributed by atoms with Crippen molar-refractivity contribution < 1.29 is 18.4 Å². The number of nitrogens with one attached hydrogen (secondary N) is 1. The minimum Gasteiger partial charge on any atom is -0.448 e. The Morgan fingerprint density at radius 3 is 2.95 bits per heavy atom. The molecular formula is C14H13FN2O3. The lowest BCUT2D eigenvalue weighted by molar-refractivity contribution is -0.123. The molecule has 0 radical (unpaired) electrons. The highest BCUT2D eigenvalue weighted by Crippen LogP contribution is 2.28. The fourth-order valence-electron chi connectivity index (χ4n) is 2.37. The van der Waals surface area contributed by atoms with Crippen molar-refractivity contribution in [3.05, 3.63) is 35.3 Å². The predicted molar refractivity (Wildman–Crippen MR) is 69.8 cm³/mol. The van der Waals surface area contributed by atoms with Crippen LogP contribution in [0.5, 0.6) is 0 Å². The molecule has 0 saturated carbocycles. The van der Waals surface area contributed by atoms with Crippen LogP contribution in [0.3, 0.4) is 0 Å². The van der Waals surface area contributed by atoms with E-state index >= 15 is 0 Å². The second-order valence-corrected chi connectivity index (χ2v) is 4.75. The van der Waals surface area contributed by atoms with Crippen LogP contribution >= 0.6 is 0 Å². The van der Waals surface area contributed by atoms with E-state index in [1.807, 2.05) is 0 Å². The smallest absolute Gasteiger partial charge is 0.290 e. The van der Waals surface area contributed by atoms with Crippen LogP contribution in [0.4, 0.5) is 4.39 Å². The first-order chi connectivity index (χ1) is 9.58. The van der Waals surface area contributed by atoms with Gasteiger partial charge in [-0.15, -0.1) is 0 Å². The third-order valence-electron chi connectivity index (χ3n) is 3.44. The van der Waals surface area contributed by atoms with Crippen LogP contribution in [-0.2, 0) is 4.79 Å². The number of piperazine rings is 1. The van der Waals surface area contributed by atoms with Crippen LogP contribution in [0, 0.1) is 12.7 Å². The van der Waals surface area contributed by atoms with E-state index in [0.717, 1.165) is 0 Å². The zero-order chi connectivity index (χ0) is 14.3. The third kappa shape index (κ3) is 1.93. The molecule has 1 fully saturated rings. The first kappa shape index (κ1) is 12.7. The number of hydrogen-bond donors (Lipinski definition) is 1. The largest absolute Gasteiger partial charge is 0.448 e. The summed E-state index contributed by atoms with van der Waals surface area (Å²) in [5, 5.41) is 3.22. The lowest BCUT2D eigenvalue weighted by atomic mass is 10.1. The average Bonchev–Trinajstić information content (AvgIpc) is 2.77. The molecule has 0 unspecified atom stereocenters. The number of aryl methyl sites for hydroxylation is 1. The second-order valence-electron chi connectivity index (χ2n) is 4.75. The van der Waals surface area contributed by atoms with Crippen molar-refractivity contribution in [1.82, 2.24) is 10.2 Å². The van der Waals surface area contributed by atoms with Crippen molar-refractivity contribution in [2.45, 2.75) is 6.92 Å². The molecule has 1 aliphatic rings. The average molecular weight is 276 g/mol. The first-order valence-corrected chi connectivity index (χ1v) is 6.31. The predicted octanol–water partition coefficient (Wildman–Crippen LogP) is 1.45. The summed E-state index contributed by atoms with van der Waals surface area (Å²) >= 11 is 0. The van der Waals surface area contributed by atoms with Gasteiger partial charge in [-0.05, 0) is 13.0 Å². The fourth-order valence-corrected chi connectivity index (χ4v) is 2.37. The second kappa shape index (κ2) is 4.63. The standard InChI is InChI=1S/C14H13FN2O3/c1-8-9-3-2-4-10(15)13(9)20-12(8)14(19)17-6-5-16-11(18)7-17/h2-4H,5-7H2,1H3,(H,16,18). The summed E-state index contributed by atoms with van der Waals surface area (Å²) in [6.45, 7) is 2.54. The minimum absolute atomic E-state index is 0.00218. The summed E-state index contributed by atoms with van der Waals surface area (Å²) in [6.07, 6.45) is 0. The van der Waals surface area contributed by atoms with E-state index in [1.54, 1.807) is 19.1 Å². The maximum absolute atomic E-state index is 13.7. The van der Waals surface area contributed by atoms with Crippen molar-refractivity contribution >= 4 is 22.8 Å². The third-order valence-corrected chi connectivity index (χ3v) is 3.44. The van der Waals surface area contributed by atoms with Gasteiger partial charge in [-0.25, -0.2) is 4.39 Å². The van der Waals surface area contributed by atoms with E-state index in [-0.39, 0.29) is 29.7 Å². The van der Waals surface area contributed by atoms with Crippen LogP contribution in [0.2, 0.25) is 0 Å². The van der Waals surface area contributed by atoms with Crippen molar-refractivity contribution in [3.63, 3.8) is 0 Å². The van der Waals surface area contributed by atoms with Gasteiger partial charge >= 0.3 is 0 Å². The summed E-state index contributed by atoms with van der Waals surface area (Å²) < 4.78 is 19.0. The van der Waals surface area contributed by atoms with Gasteiger partial charge in [-0.1, -0.05) is 12.1 Å². The van der Waals surface area contributed by atoms with Crippen molar-refractivity contribution in [3.8, 4) is 0 Å². The number of hydrogen-bond acceptors (Lipinski definition) is 3. The molecule has 1 saturated heterocycles. The number of rotatable bonds is 1. The number of carbonyl (C=O) groups excluding carboxylic acids is 2. The van der Waals surface area contributed by atoms with Gasteiger partial charge in [0.2, 0.25) is 5.91 Å². The van der Waals surface area contributed by atoms with Gasteiger partial charge in [0.1, 0.15) is 6.54 Å². The minimum atomic E-state index is -0.499. The molecule has 1 aromatic carbocycles. The Bertz CT molecular complexity index is 708. The van der Waals surface area contributed by atoms with Gasteiger partial charge < -0.3 is 14.6 Å². The van der Waals surface area contributed by atoms with Crippen LogP contribution < -0.4 is 5.32 Å². The number of halogens is 1. The fraction of sp³-hybridized carbons (Fsp3) is 0.286. The molecular weight excluding hydrogens is 263 g/mol.